The topological polar surface area (TPSA) is 87.2 Å². The Morgan fingerprint density at radius 1 is 1.67 bits per heavy atom. The highest BCUT2D eigenvalue weighted by molar-refractivity contribution is 5.69. The van der Waals surface area contributed by atoms with Crippen LogP contribution >= 0.6 is 0 Å². The first-order valence-electron chi connectivity index (χ1n) is 5.55. The molecule has 0 aliphatic rings. The van der Waals surface area contributed by atoms with Crippen LogP contribution in [0.15, 0.2) is 28.9 Å². The predicted molar refractivity (Wildman–Crippen MR) is 67.6 cm³/mol. The van der Waals surface area contributed by atoms with Crippen LogP contribution in [0.5, 0.6) is 0 Å². The Hall–Kier alpha value is -2.33. The number of carbonyl (C=O) groups is 1. The Labute approximate surface area is 104 Å². The number of ether oxygens (including phenoxy) is 1. The average molecular weight is 249 g/mol. The van der Waals surface area contributed by atoms with Crippen LogP contribution in [0, 0.1) is 0 Å². The smallest absolute Gasteiger partial charge is 0.354 e. The zero-order chi connectivity index (χ0) is 13.4. The molecule has 2 N–H and O–H groups in total. The predicted octanol–water partition coefficient (Wildman–Crippen LogP) is 0.795. The minimum Gasteiger partial charge on any atom is -0.461 e. The first kappa shape index (κ1) is 13.7. The largest absolute Gasteiger partial charge is 0.461 e. The van der Waals surface area contributed by atoms with Crippen molar-refractivity contribution in [1.82, 2.24) is 9.55 Å². The van der Waals surface area contributed by atoms with Gasteiger partial charge < -0.3 is 10.5 Å². The second-order valence-corrected chi connectivity index (χ2v) is 3.48. The van der Waals surface area contributed by atoms with E-state index in [0.717, 1.165) is 6.42 Å². The fourth-order valence-electron chi connectivity index (χ4n) is 1.12. The summed E-state index contributed by atoms with van der Waals surface area (Å²) in [7, 11) is 0. The normalized spacial score (nSPS) is 9.39. The molecule has 0 fully saturated rings. The summed E-state index contributed by atoms with van der Waals surface area (Å²) in [5.74, 6) is -0.0796. The third-order valence-electron chi connectivity index (χ3n) is 1.96. The molecule has 0 bridgehead atoms. The third kappa shape index (κ3) is 4.67. The van der Waals surface area contributed by atoms with Gasteiger partial charge in [0.15, 0.2) is 0 Å². The van der Waals surface area contributed by atoms with Crippen molar-refractivity contribution in [2.24, 2.45) is 0 Å². The summed E-state index contributed by atoms with van der Waals surface area (Å²) < 4.78 is 6.09. The van der Waals surface area contributed by atoms with Crippen molar-refractivity contribution in [3.63, 3.8) is 0 Å². The number of nitrogens with zero attached hydrogens (tertiary/aromatic N) is 2. The van der Waals surface area contributed by atoms with E-state index >= 15 is 0 Å². The molecule has 0 aromatic carbocycles. The molecule has 0 aliphatic carbocycles. The highest BCUT2D eigenvalue weighted by atomic mass is 16.5. The lowest BCUT2D eigenvalue weighted by Crippen LogP contribution is -2.18. The summed E-state index contributed by atoms with van der Waals surface area (Å²) in [6, 6.07) is 1.50. The second-order valence-electron chi connectivity index (χ2n) is 3.48. The molecule has 0 unspecified atom stereocenters. The maximum Gasteiger partial charge on any atom is 0.354 e. The van der Waals surface area contributed by atoms with E-state index in [1.165, 1.54) is 29.1 Å². The lowest BCUT2D eigenvalue weighted by molar-refractivity contribution is -0.142. The first-order valence-corrected chi connectivity index (χ1v) is 5.55. The van der Waals surface area contributed by atoms with Crippen molar-refractivity contribution in [2.75, 3.05) is 12.3 Å². The molecule has 1 heterocycles. The molecule has 0 saturated carbocycles. The van der Waals surface area contributed by atoms with Crippen molar-refractivity contribution < 1.29 is 9.53 Å². The molecule has 1 rings (SSSR count). The van der Waals surface area contributed by atoms with Gasteiger partial charge in [-0.2, -0.15) is 4.98 Å². The van der Waals surface area contributed by atoms with Gasteiger partial charge in [0.25, 0.3) is 0 Å². The summed E-state index contributed by atoms with van der Waals surface area (Å²) >= 11 is 0. The molecule has 0 amide bonds. The third-order valence-corrected chi connectivity index (χ3v) is 1.96. The van der Waals surface area contributed by atoms with Crippen LogP contribution in [0.3, 0.4) is 0 Å². The van der Waals surface area contributed by atoms with Gasteiger partial charge in [-0.25, -0.2) is 4.79 Å². The molecule has 0 aliphatic heterocycles. The number of esters is 1. The number of hydrogen-bond acceptors (Lipinski definition) is 5. The van der Waals surface area contributed by atoms with E-state index in [4.69, 9.17) is 10.5 Å². The van der Waals surface area contributed by atoms with Crippen molar-refractivity contribution in [1.29, 1.82) is 0 Å². The molecule has 6 nitrogen and oxygen atoms in total. The van der Waals surface area contributed by atoms with Gasteiger partial charge >= 0.3 is 11.7 Å². The van der Waals surface area contributed by atoms with Gasteiger partial charge in [0.1, 0.15) is 12.4 Å². The maximum absolute atomic E-state index is 11.3. The van der Waals surface area contributed by atoms with Crippen LogP contribution in [-0.2, 0) is 9.53 Å². The Morgan fingerprint density at radius 3 is 3.11 bits per heavy atom. The van der Waals surface area contributed by atoms with Gasteiger partial charge in [0.05, 0.1) is 6.20 Å². The van der Waals surface area contributed by atoms with E-state index in [1.807, 2.05) is 6.92 Å². The fraction of sp³-hybridized carbons (Fsp3) is 0.333. The minimum absolute atomic E-state index is 0.131. The fourth-order valence-corrected chi connectivity index (χ4v) is 1.12. The highest BCUT2D eigenvalue weighted by Gasteiger charge is 1.97. The monoisotopic (exact) mass is 249 g/mol. The number of aromatic nitrogens is 2. The lowest BCUT2D eigenvalue weighted by atomic mass is 10.3. The Balaban J connectivity index is 2.53. The molecular weight excluding hydrogens is 234 g/mol. The van der Waals surface area contributed by atoms with Crippen LogP contribution in [0.2, 0.25) is 0 Å². The molecule has 1 aromatic rings. The second kappa shape index (κ2) is 7.09. The molecule has 96 valence electrons. The van der Waals surface area contributed by atoms with Gasteiger partial charge in [-0.1, -0.05) is 6.92 Å². The number of anilines is 1. The molecule has 0 atom stereocenters. The molecule has 18 heavy (non-hydrogen) atoms. The van der Waals surface area contributed by atoms with Crippen molar-refractivity contribution in [3.8, 4) is 0 Å². The van der Waals surface area contributed by atoms with E-state index in [9.17, 15) is 9.59 Å². The molecule has 0 saturated heterocycles. The maximum atomic E-state index is 11.3. The van der Waals surface area contributed by atoms with Crippen LogP contribution in [0.4, 0.5) is 5.82 Å². The zero-order valence-corrected chi connectivity index (χ0v) is 10.1. The Morgan fingerprint density at radius 2 is 2.44 bits per heavy atom. The summed E-state index contributed by atoms with van der Waals surface area (Å²) in [5, 5.41) is 0. The lowest BCUT2D eigenvalue weighted by Gasteiger charge is -1.97. The summed E-state index contributed by atoms with van der Waals surface area (Å²) in [6.07, 6.45) is 5.54. The van der Waals surface area contributed by atoms with E-state index in [0.29, 0.717) is 6.42 Å². The number of nitrogen functional groups attached to an aromatic ring is 1. The van der Waals surface area contributed by atoms with E-state index in [1.54, 1.807) is 0 Å². The highest BCUT2D eigenvalue weighted by Crippen LogP contribution is 1.91. The summed E-state index contributed by atoms with van der Waals surface area (Å²) in [5.41, 5.74) is 7.57. The molecule has 0 spiro atoms. The van der Waals surface area contributed by atoms with Gasteiger partial charge in [0.2, 0.25) is 0 Å². The number of rotatable bonds is 5. The summed E-state index contributed by atoms with van der Waals surface area (Å²) in [4.78, 5) is 25.8. The van der Waals surface area contributed by atoms with Gasteiger partial charge in [0, 0.05) is 12.6 Å². The summed E-state index contributed by atoms with van der Waals surface area (Å²) in [6.45, 7) is 2.03. The molecule has 0 radical (unpaired) electrons. The van der Waals surface area contributed by atoms with Crippen LogP contribution < -0.4 is 11.4 Å². The molecule has 6 heteroatoms. The zero-order valence-electron chi connectivity index (χ0n) is 10.1. The van der Waals surface area contributed by atoms with Crippen molar-refractivity contribution in [3.05, 3.63) is 34.6 Å². The van der Waals surface area contributed by atoms with Crippen LogP contribution in [0.1, 0.15) is 19.8 Å². The van der Waals surface area contributed by atoms with Gasteiger partial charge in [-0.05, 0) is 18.6 Å². The van der Waals surface area contributed by atoms with Crippen molar-refractivity contribution >= 4 is 18.0 Å². The van der Waals surface area contributed by atoms with E-state index in [2.05, 4.69) is 10.7 Å². The average Bonchev–Trinajstić information content (AvgIpc) is 2.31. The standard InChI is InChI=1S/C12H15N3O3/c1-2-5-11(16)18-9-4-3-7-15-8-6-10(13)14-12(15)17/h4,6-8H,2,5,9H2,1H3,(H2,13,14,17). The molecular formula is C12H15N3O3. The SMILES string of the molecule is CCCC(=O)OCC=C=Cn1ccc(N)nc1=O. The van der Waals surface area contributed by atoms with Crippen molar-refractivity contribution in [2.45, 2.75) is 19.8 Å². The van der Waals surface area contributed by atoms with Gasteiger partial charge in [-0.15, -0.1) is 5.73 Å². The number of carbonyl (C=O) groups excluding carboxylic acids is 1. The quantitative estimate of drug-likeness (QED) is 0.616. The number of nitrogens with two attached hydrogens (primary N) is 1. The minimum atomic E-state index is -0.487. The van der Waals surface area contributed by atoms with Crippen LogP contribution in [-0.4, -0.2) is 22.1 Å². The van der Waals surface area contributed by atoms with Gasteiger partial charge in [-0.3, -0.25) is 9.36 Å². The van der Waals surface area contributed by atoms with Crippen LogP contribution in [0.25, 0.3) is 6.20 Å². The Kier molecular flexibility index (Phi) is 5.41. The Bertz CT molecular complexity index is 528. The first-order chi connectivity index (χ1) is 8.63. The molecule has 1 aromatic heterocycles. The van der Waals surface area contributed by atoms with E-state index < -0.39 is 5.69 Å². The van der Waals surface area contributed by atoms with E-state index in [-0.39, 0.29) is 18.4 Å². The number of hydrogen-bond donors (Lipinski definition) is 1.